The number of carbonyl (C=O) groups is 2. The number of ether oxygens (including phenoxy) is 1. The van der Waals surface area contributed by atoms with Crippen molar-refractivity contribution in [3.63, 3.8) is 0 Å². The molecule has 0 radical (unpaired) electrons. The number of esters is 1. The summed E-state index contributed by atoms with van der Waals surface area (Å²) < 4.78 is 4.82. The molecular formula is C16H19NO3S2. The molecule has 6 heteroatoms. The van der Waals surface area contributed by atoms with Gasteiger partial charge in [-0.15, -0.1) is 22.7 Å². The minimum Gasteiger partial charge on any atom is -0.465 e. The van der Waals surface area contributed by atoms with Crippen LogP contribution in [0.2, 0.25) is 0 Å². The SMILES string of the molecule is CCc1sc(C(=O)Nc2sc(C)c(C)c2C(=O)OC)cc1C. The van der Waals surface area contributed by atoms with Gasteiger partial charge in [0.25, 0.3) is 5.91 Å². The van der Waals surface area contributed by atoms with E-state index in [-0.39, 0.29) is 5.91 Å². The van der Waals surface area contributed by atoms with Gasteiger partial charge in [0, 0.05) is 9.75 Å². The largest absolute Gasteiger partial charge is 0.465 e. The van der Waals surface area contributed by atoms with Gasteiger partial charge >= 0.3 is 5.97 Å². The van der Waals surface area contributed by atoms with Gasteiger partial charge in [-0.2, -0.15) is 0 Å². The minimum absolute atomic E-state index is 0.181. The predicted molar refractivity (Wildman–Crippen MR) is 91.5 cm³/mol. The molecule has 0 aliphatic rings. The summed E-state index contributed by atoms with van der Waals surface area (Å²) in [7, 11) is 1.34. The van der Waals surface area contributed by atoms with Crippen molar-refractivity contribution in [3.8, 4) is 0 Å². The summed E-state index contributed by atoms with van der Waals surface area (Å²) in [6, 6.07) is 1.89. The zero-order valence-electron chi connectivity index (χ0n) is 13.3. The third-order valence-corrected chi connectivity index (χ3v) is 6.07. The molecule has 0 fully saturated rings. The fraction of sp³-hybridized carbons (Fsp3) is 0.375. The van der Waals surface area contributed by atoms with Crippen molar-refractivity contribution in [1.29, 1.82) is 0 Å². The third-order valence-electron chi connectivity index (χ3n) is 3.57. The van der Waals surface area contributed by atoms with Crippen LogP contribution >= 0.6 is 22.7 Å². The molecular weight excluding hydrogens is 318 g/mol. The van der Waals surface area contributed by atoms with Crippen LogP contribution in [0.25, 0.3) is 0 Å². The maximum absolute atomic E-state index is 12.4. The van der Waals surface area contributed by atoms with E-state index in [2.05, 4.69) is 12.2 Å². The molecule has 2 heterocycles. The molecule has 0 spiro atoms. The van der Waals surface area contributed by atoms with Gasteiger partial charge in [-0.3, -0.25) is 4.79 Å². The number of rotatable bonds is 4. The summed E-state index contributed by atoms with van der Waals surface area (Å²) in [5, 5.41) is 3.41. The molecule has 0 aliphatic carbocycles. The second-order valence-electron chi connectivity index (χ2n) is 5.00. The average Bonchev–Trinajstić information content (AvgIpc) is 2.99. The Morgan fingerprint density at radius 2 is 1.91 bits per heavy atom. The summed E-state index contributed by atoms with van der Waals surface area (Å²) in [4.78, 5) is 27.2. The lowest BCUT2D eigenvalue weighted by molar-refractivity contribution is 0.0601. The molecule has 0 saturated heterocycles. The van der Waals surface area contributed by atoms with Gasteiger partial charge in [0.2, 0.25) is 0 Å². The predicted octanol–water partition coefficient (Wildman–Crippen LogP) is 4.34. The Morgan fingerprint density at radius 3 is 2.45 bits per heavy atom. The van der Waals surface area contributed by atoms with E-state index in [0.717, 1.165) is 22.4 Å². The summed E-state index contributed by atoms with van der Waals surface area (Å²) in [6.45, 7) is 7.86. The number of hydrogen-bond acceptors (Lipinski definition) is 5. The second-order valence-corrected chi connectivity index (χ2v) is 7.36. The fourth-order valence-electron chi connectivity index (χ4n) is 2.21. The normalized spacial score (nSPS) is 10.6. The first-order valence-electron chi connectivity index (χ1n) is 6.98. The van der Waals surface area contributed by atoms with E-state index in [1.54, 1.807) is 0 Å². The number of aryl methyl sites for hydroxylation is 3. The highest BCUT2D eigenvalue weighted by Crippen LogP contribution is 2.34. The van der Waals surface area contributed by atoms with Crippen LogP contribution < -0.4 is 5.32 Å². The van der Waals surface area contributed by atoms with Gasteiger partial charge < -0.3 is 10.1 Å². The third kappa shape index (κ3) is 3.08. The van der Waals surface area contributed by atoms with Crippen LogP contribution in [0.1, 0.15) is 47.8 Å². The Morgan fingerprint density at radius 1 is 1.23 bits per heavy atom. The van der Waals surface area contributed by atoms with Crippen LogP contribution in [0, 0.1) is 20.8 Å². The van der Waals surface area contributed by atoms with Crippen molar-refractivity contribution in [3.05, 3.63) is 37.4 Å². The van der Waals surface area contributed by atoms with Crippen molar-refractivity contribution in [2.75, 3.05) is 12.4 Å². The molecule has 0 bridgehead atoms. The van der Waals surface area contributed by atoms with Gasteiger partial charge in [-0.25, -0.2) is 4.79 Å². The topological polar surface area (TPSA) is 55.4 Å². The molecule has 0 aliphatic heterocycles. The minimum atomic E-state index is -0.422. The number of amides is 1. The van der Waals surface area contributed by atoms with Crippen molar-refractivity contribution in [1.82, 2.24) is 0 Å². The maximum Gasteiger partial charge on any atom is 0.341 e. The van der Waals surface area contributed by atoms with Crippen molar-refractivity contribution >= 4 is 39.6 Å². The Kier molecular flexibility index (Phi) is 5.03. The second kappa shape index (κ2) is 6.62. The van der Waals surface area contributed by atoms with E-state index in [9.17, 15) is 9.59 Å². The standard InChI is InChI=1S/C16H19NO3S2/c1-6-11-8(2)7-12(22-11)14(18)17-15-13(16(19)20-5)9(3)10(4)21-15/h7H,6H2,1-5H3,(H,17,18). The molecule has 2 aromatic heterocycles. The molecule has 2 aromatic rings. The van der Waals surface area contributed by atoms with Crippen molar-refractivity contribution in [2.45, 2.75) is 34.1 Å². The summed E-state index contributed by atoms with van der Waals surface area (Å²) in [5.74, 6) is -0.604. The fourth-order valence-corrected chi connectivity index (χ4v) is 4.26. The van der Waals surface area contributed by atoms with E-state index in [1.165, 1.54) is 34.7 Å². The summed E-state index contributed by atoms with van der Waals surface area (Å²) in [5.41, 5.74) is 2.43. The average molecular weight is 337 g/mol. The molecule has 1 N–H and O–H groups in total. The lowest BCUT2D eigenvalue weighted by Crippen LogP contribution is -2.13. The molecule has 1 amide bonds. The first kappa shape index (κ1) is 16.7. The van der Waals surface area contributed by atoms with Crippen LogP contribution in [0.4, 0.5) is 5.00 Å². The highest BCUT2D eigenvalue weighted by Gasteiger charge is 2.22. The van der Waals surface area contributed by atoms with Crippen LogP contribution in [0.15, 0.2) is 6.07 Å². The number of methoxy groups -OCH3 is 1. The quantitative estimate of drug-likeness (QED) is 0.845. The van der Waals surface area contributed by atoms with E-state index in [4.69, 9.17) is 4.74 Å². The molecule has 0 aromatic carbocycles. The van der Waals surface area contributed by atoms with Crippen molar-refractivity contribution in [2.24, 2.45) is 0 Å². The highest BCUT2D eigenvalue weighted by atomic mass is 32.1. The van der Waals surface area contributed by atoms with E-state index in [0.29, 0.717) is 15.4 Å². The number of anilines is 1. The molecule has 22 heavy (non-hydrogen) atoms. The van der Waals surface area contributed by atoms with Gasteiger partial charge in [-0.1, -0.05) is 6.92 Å². The highest BCUT2D eigenvalue weighted by molar-refractivity contribution is 7.17. The number of thiophene rings is 2. The van der Waals surface area contributed by atoms with E-state index in [1.807, 2.05) is 26.8 Å². The molecule has 0 atom stereocenters. The Balaban J connectivity index is 2.32. The lowest BCUT2D eigenvalue weighted by Gasteiger charge is -2.05. The number of hydrogen-bond donors (Lipinski definition) is 1. The molecule has 2 rings (SSSR count). The van der Waals surface area contributed by atoms with Crippen LogP contribution in [0.5, 0.6) is 0 Å². The van der Waals surface area contributed by atoms with E-state index < -0.39 is 5.97 Å². The maximum atomic E-state index is 12.4. The lowest BCUT2D eigenvalue weighted by atomic mass is 10.1. The zero-order valence-corrected chi connectivity index (χ0v) is 15.0. The van der Waals surface area contributed by atoms with Gasteiger partial charge in [0.1, 0.15) is 5.00 Å². The number of carbonyl (C=O) groups excluding carboxylic acids is 2. The summed E-state index contributed by atoms with van der Waals surface area (Å²) in [6.07, 6.45) is 0.911. The summed E-state index contributed by atoms with van der Waals surface area (Å²) >= 11 is 2.89. The first-order valence-corrected chi connectivity index (χ1v) is 8.61. The Hall–Kier alpha value is -1.66. The van der Waals surface area contributed by atoms with Crippen LogP contribution in [0.3, 0.4) is 0 Å². The Bertz CT molecular complexity index is 728. The van der Waals surface area contributed by atoms with Gasteiger partial charge in [0.15, 0.2) is 0 Å². The molecule has 0 unspecified atom stereocenters. The van der Waals surface area contributed by atoms with Gasteiger partial charge in [0.05, 0.1) is 17.6 Å². The van der Waals surface area contributed by atoms with Crippen molar-refractivity contribution < 1.29 is 14.3 Å². The molecule has 4 nitrogen and oxygen atoms in total. The molecule has 0 saturated carbocycles. The van der Waals surface area contributed by atoms with Crippen LogP contribution in [-0.2, 0) is 11.2 Å². The van der Waals surface area contributed by atoms with Crippen LogP contribution in [-0.4, -0.2) is 19.0 Å². The number of nitrogens with one attached hydrogen (secondary N) is 1. The first-order chi connectivity index (χ1) is 10.4. The monoisotopic (exact) mass is 337 g/mol. The van der Waals surface area contributed by atoms with Gasteiger partial charge in [-0.05, 0) is 44.4 Å². The Labute approximate surface area is 138 Å². The van der Waals surface area contributed by atoms with E-state index >= 15 is 0 Å². The molecule has 118 valence electrons. The smallest absolute Gasteiger partial charge is 0.341 e. The zero-order chi connectivity index (χ0) is 16.4.